The standard InChI is InChI=1S/C22H40BNO5Si.C16H30BNO5Si.C16H28N2O5Si.C14H26N2O3Si.C14H25NO3SSi/c1-21(2)22(3,4)29-23(28-21)19-11-9-18(10-12-19)15-24-16-20(25)17-27-13-8-14-30(6,7)26-5;1-22-24(2,3)10-4-9-23-13-16(19)12-18-11-14-5-7-15(8-6-14)17(20)21;1-22-24(2,3)10-4-9-23-13-16(19)12-17-11-14-5-7-15(8-6-14)18(20)21;1-18-20(2,3)10-6-9-19-12-13(17)11-16-14-7-4-5-8-15-14;1-17-20(2,3)10-6-9-18-11-13(16)12-19-14-7-4-5-8-15-14/h9-12,20,24-25H,8,13-17H2,1-7H3;5-8,16,18-21H,4,9-13H2,1-3H3;5-8,16-17,19H,4,9-13H2,1-3H3;4-5,7-8,13,17H,6,9-12H2,1-3H3,(H,15,16);4-5,7-8,13,16H,6,9-12H2,1-3H3. The molecular formula is C82H149B2N7O21SSi5. The number of nitro benzene ring substituents is 1. The Morgan fingerprint density at radius 2 is 0.780 bits per heavy atom. The minimum absolute atomic E-state index is 0.0758. The van der Waals surface area contributed by atoms with Gasteiger partial charge >= 0.3 is 14.2 Å². The van der Waals surface area contributed by atoms with E-state index in [-0.39, 0.29) is 24.0 Å². The van der Waals surface area contributed by atoms with Crippen molar-refractivity contribution in [2.24, 2.45) is 0 Å². The molecule has 1 saturated heterocycles. The topological polar surface area (TPSA) is 369 Å². The molecule has 5 atom stereocenters. The second kappa shape index (κ2) is 60.4. The Balaban J connectivity index is 0.000000504. The third kappa shape index (κ3) is 53.1. The van der Waals surface area contributed by atoms with Crippen molar-refractivity contribution in [3.05, 3.63) is 148 Å². The van der Waals surface area contributed by atoms with Gasteiger partial charge in [0.2, 0.25) is 0 Å². The van der Waals surface area contributed by atoms with E-state index in [1.807, 2.05) is 60.7 Å². The zero-order chi connectivity index (χ0) is 88.1. The molecule has 0 amide bonds. The van der Waals surface area contributed by atoms with Gasteiger partial charge in [-0.3, -0.25) is 10.1 Å². The second-order valence-electron chi connectivity index (χ2n) is 33.3. The normalized spacial score (nSPS) is 14.7. The van der Waals surface area contributed by atoms with Gasteiger partial charge in [-0.15, -0.1) is 11.8 Å². The maximum atomic E-state index is 10.6. The van der Waals surface area contributed by atoms with E-state index in [9.17, 15) is 35.6 Å². The number of nitrogens with zero attached hydrogens (tertiary/aromatic N) is 3. The third-order valence-corrected chi connectivity index (χ3v) is 34.4. The molecular weight excluding hydrogens is 1610 g/mol. The highest BCUT2D eigenvalue weighted by molar-refractivity contribution is 7.99. The summed E-state index contributed by atoms with van der Waals surface area (Å²) in [4.78, 5) is 18.5. The fourth-order valence-electron chi connectivity index (χ4n) is 10.7. The van der Waals surface area contributed by atoms with E-state index in [1.165, 1.54) is 12.1 Å². The molecule has 36 heteroatoms. The van der Waals surface area contributed by atoms with Crippen molar-refractivity contribution in [1.29, 1.82) is 0 Å². The maximum absolute atomic E-state index is 10.6. The summed E-state index contributed by atoms with van der Waals surface area (Å²) in [7, 11) is -0.399. The predicted octanol–water partition coefficient (Wildman–Crippen LogP) is 9.98. The van der Waals surface area contributed by atoms with Crippen LogP contribution in [0.5, 0.6) is 0 Å². The first-order chi connectivity index (χ1) is 55.7. The van der Waals surface area contributed by atoms with E-state index in [2.05, 4.69) is 137 Å². The van der Waals surface area contributed by atoms with Gasteiger partial charge in [0.05, 0.1) is 84.7 Å². The Labute approximate surface area is 716 Å². The molecule has 0 aliphatic carbocycles. The van der Waals surface area contributed by atoms with Gasteiger partial charge in [-0.1, -0.05) is 72.8 Å². The lowest BCUT2D eigenvalue weighted by Gasteiger charge is -2.32. The van der Waals surface area contributed by atoms with Crippen molar-refractivity contribution < 1.29 is 95.6 Å². The number of non-ortho nitro benzene ring substituents is 1. The number of pyridine rings is 2. The number of benzene rings is 3. The molecule has 5 aromatic rings. The third-order valence-electron chi connectivity index (χ3n) is 20.0. The quantitative estimate of drug-likeness (QED) is 0.00566. The lowest BCUT2D eigenvalue weighted by molar-refractivity contribution is -0.384. The molecule has 0 spiro atoms. The molecule has 28 nitrogen and oxygen atoms in total. The molecule has 1 aliphatic heterocycles. The van der Waals surface area contributed by atoms with Crippen LogP contribution in [-0.2, 0) is 74.8 Å². The Morgan fingerprint density at radius 1 is 0.458 bits per heavy atom. The summed E-state index contributed by atoms with van der Waals surface area (Å²) >= 11 is 1.55. The summed E-state index contributed by atoms with van der Waals surface area (Å²) in [5.74, 6) is 1.37. The Morgan fingerprint density at radius 3 is 1.09 bits per heavy atom. The van der Waals surface area contributed by atoms with Gasteiger partial charge in [0.25, 0.3) is 5.69 Å². The first-order valence-corrected chi connectivity index (χ1v) is 57.7. The van der Waals surface area contributed by atoms with Crippen molar-refractivity contribution in [3.8, 4) is 0 Å². The smallest absolute Gasteiger partial charge is 0.423 e. The molecule has 1 aliphatic rings. The van der Waals surface area contributed by atoms with E-state index in [1.54, 1.807) is 84.0 Å². The lowest BCUT2D eigenvalue weighted by Crippen LogP contribution is -2.41. The van der Waals surface area contributed by atoms with Crippen molar-refractivity contribution >= 4 is 90.0 Å². The summed E-state index contributed by atoms with van der Waals surface area (Å²) in [5, 5.41) is 91.6. The zero-order valence-electron chi connectivity index (χ0n) is 74.5. The first-order valence-electron chi connectivity index (χ1n) is 41.2. The van der Waals surface area contributed by atoms with Gasteiger partial charge in [0.1, 0.15) is 5.82 Å². The molecule has 118 heavy (non-hydrogen) atoms. The summed E-state index contributed by atoms with van der Waals surface area (Å²) in [6.07, 6.45) is 5.71. The maximum Gasteiger partial charge on any atom is 0.494 e. The molecule has 5 unspecified atom stereocenters. The molecule has 0 radical (unpaired) electrons. The van der Waals surface area contributed by atoms with Crippen LogP contribution in [-0.4, -0.2) is 282 Å². The molecule has 1 fully saturated rings. The van der Waals surface area contributed by atoms with Crippen LogP contribution in [0.4, 0.5) is 11.5 Å². The van der Waals surface area contributed by atoms with Crippen LogP contribution in [0, 0.1) is 10.1 Å². The molecule has 2 aromatic heterocycles. The Hall–Kier alpha value is -4.16. The predicted molar refractivity (Wildman–Crippen MR) is 488 cm³/mol. The van der Waals surface area contributed by atoms with Gasteiger partial charge in [0, 0.05) is 145 Å². The van der Waals surface area contributed by atoms with Crippen molar-refractivity contribution in [1.82, 2.24) is 25.9 Å². The van der Waals surface area contributed by atoms with Crippen LogP contribution in [0.25, 0.3) is 0 Å². The monoisotopic (exact) mass is 1760 g/mol. The number of hydrogen-bond donors (Lipinski definition) is 11. The van der Waals surface area contributed by atoms with Gasteiger partial charge < -0.3 is 112 Å². The SMILES string of the molecule is CO[Si](C)(C)CCCOCC(O)CNCc1ccc(B(O)O)cc1.CO[Si](C)(C)CCCOCC(O)CNCc1ccc(B2OC(C)(C)C(C)(C)O2)cc1.CO[Si](C)(C)CCCOCC(O)CNCc1ccc([N+](=O)[O-])cc1.CO[Si](C)(C)CCCOCC(O)CNc1ccccn1.CO[Si](C)(C)CCCOCC(O)CSc1ccccn1. The van der Waals surface area contributed by atoms with E-state index in [0.717, 1.165) is 95.3 Å². The summed E-state index contributed by atoms with van der Waals surface area (Å²) in [6, 6.07) is 38.3. The van der Waals surface area contributed by atoms with Crippen molar-refractivity contribution in [2.45, 2.75) is 222 Å². The number of rotatable bonds is 56. The van der Waals surface area contributed by atoms with Crippen LogP contribution < -0.4 is 32.2 Å². The minimum atomic E-state index is -1.52. The Kier molecular flexibility index (Phi) is 56.3. The number of anilines is 1. The average Bonchev–Trinajstić information content (AvgIpc) is 1.63. The molecule has 6 rings (SSSR count). The molecule has 0 bridgehead atoms. The number of hydrogen-bond acceptors (Lipinski definition) is 28. The second-order valence-corrected chi connectivity index (χ2v) is 56.5. The van der Waals surface area contributed by atoms with Crippen LogP contribution in [0.1, 0.15) is 76.5 Å². The molecule has 3 heterocycles. The highest BCUT2D eigenvalue weighted by Gasteiger charge is 2.51. The van der Waals surface area contributed by atoms with E-state index in [0.29, 0.717) is 123 Å². The van der Waals surface area contributed by atoms with Gasteiger partial charge in [-0.2, -0.15) is 0 Å². The lowest BCUT2D eigenvalue weighted by atomic mass is 9.79. The van der Waals surface area contributed by atoms with Crippen LogP contribution in [0.3, 0.4) is 0 Å². The molecule has 11 N–H and O–H groups in total. The molecule has 0 saturated carbocycles. The number of aromatic nitrogens is 2. The highest BCUT2D eigenvalue weighted by Crippen LogP contribution is 2.36. The number of thioether (sulfide) groups is 1. The summed E-state index contributed by atoms with van der Waals surface area (Å²) in [5.41, 5.74) is 3.98. The van der Waals surface area contributed by atoms with E-state index < -0.39 is 84.1 Å². The summed E-state index contributed by atoms with van der Waals surface area (Å²) < 4.78 is 67.2. The minimum Gasteiger partial charge on any atom is -0.423 e. The van der Waals surface area contributed by atoms with Gasteiger partial charge in [-0.05, 0) is 207 Å². The van der Waals surface area contributed by atoms with Crippen LogP contribution in [0.2, 0.25) is 95.7 Å². The number of nitrogens with one attached hydrogen (secondary N) is 4. The molecule has 670 valence electrons. The first kappa shape index (κ1) is 110. The van der Waals surface area contributed by atoms with E-state index in [4.69, 9.17) is 65.2 Å². The highest BCUT2D eigenvalue weighted by atomic mass is 32.2. The van der Waals surface area contributed by atoms with Crippen molar-refractivity contribution in [2.75, 3.05) is 139 Å². The van der Waals surface area contributed by atoms with Crippen LogP contribution in [0.15, 0.2) is 127 Å². The van der Waals surface area contributed by atoms with E-state index >= 15 is 0 Å². The van der Waals surface area contributed by atoms with Gasteiger partial charge in [-0.25, -0.2) is 9.97 Å². The largest absolute Gasteiger partial charge is 0.494 e. The zero-order valence-corrected chi connectivity index (χ0v) is 80.3. The fraction of sp³-hybridized carbons (Fsp3) is 0.659. The summed E-state index contributed by atoms with van der Waals surface area (Å²) in [6.45, 7) is 38.7. The van der Waals surface area contributed by atoms with Crippen LogP contribution >= 0.6 is 11.8 Å². The fourth-order valence-corrected chi connectivity index (χ4v) is 17.4. The van der Waals surface area contributed by atoms with Crippen molar-refractivity contribution in [3.63, 3.8) is 0 Å². The average molecular weight is 1760 g/mol. The number of aliphatic hydroxyl groups excluding tert-OH is 5. The Bertz CT molecular complexity index is 3250. The van der Waals surface area contributed by atoms with Gasteiger partial charge in [0.15, 0.2) is 41.6 Å². The number of aliphatic hydroxyl groups is 5. The number of ether oxygens (including phenoxy) is 5. The molecule has 3 aromatic carbocycles. The number of nitro groups is 1.